The van der Waals surface area contributed by atoms with E-state index in [1.54, 1.807) is 0 Å². The van der Waals surface area contributed by atoms with Crippen LogP contribution in [0.5, 0.6) is 0 Å². The average Bonchev–Trinajstić information content (AvgIpc) is 2.33. The summed E-state index contributed by atoms with van der Waals surface area (Å²) in [4.78, 5) is 10.5. The van der Waals surface area contributed by atoms with Gasteiger partial charge in [0.15, 0.2) is 0 Å². The van der Waals surface area contributed by atoms with Crippen molar-refractivity contribution in [2.45, 2.75) is 58.6 Å². The van der Waals surface area contributed by atoms with Crippen LogP contribution in [0.15, 0.2) is 5.18 Å². The summed E-state index contributed by atoms with van der Waals surface area (Å²) in [5, 5.41) is 3.02. The summed E-state index contributed by atoms with van der Waals surface area (Å²) in [6.45, 7) is 12.4. The first-order valence-electron chi connectivity index (χ1n) is 6.88. The SMILES string of the molecule is CCC(C)(C)CCOCC(CN=O)C(C)(S)CC. The number of hydrogen-bond donors (Lipinski definition) is 1. The highest BCUT2D eigenvalue weighted by Gasteiger charge is 2.29. The molecule has 0 saturated carbocycles. The van der Waals surface area contributed by atoms with E-state index < -0.39 is 0 Å². The first kappa shape index (κ1) is 17.9. The molecule has 0 radical (unpaired) electrons. The third kappa shape index (κ3) is 6.74. The predicted octanol–water partition coefficient (Wildman–Crippen LogP) is 4.31. The van der Waals surface area contributed by atoms with E-state index in [1.807, 2.05) is 6.92 Å². The summed E-state index contributed by atoms with van der Waals surface area (Å²) >= 11 is 4.61. The largest absolute Gasteiger partial charge is 0.381 e. The van der Waals surface area contributed by atoms with Gasteiger partial charge in [-0.25, -0.2) is 0 Å². The van der Waals surface area contributed by atoms with Crippen LogP contribution in [0, 0.1) is 16.2 Å². The third-order valence-electron chi connectivity index (χ3n) is 4.09. The lowest BCUT2D eigenvalue weighted by atomic mass is 9.87. The number of rotatable bonds is 10. The average molecular weight is 275 g/mol. The topological polar surface area (TPSA) is 38.7 Å². The van der Waals surface area contributed by atoms with E-state index >= 15 is 0 Å². The Hall–Kier alpha value is -0.0900. The molecule has 3 nitrogen and oxygen atoms in total. The fourth-order valence-corrected chi connectivity index (χ4v) is 1.71. The van der Waals surface area contributed by atoms with Crippen molar-refractivity contribution in [3.63, 3.8) is 0 Å². The summed E-state index contributed by atoms with van der Waals surface area (Å²) in [7, 11) is 0. The van der Waals surface area contributed by atoms with E-state index in [0.717, 1.165) is 25.9 Å². The standard InChI is InChI=1S/C14H29NO2S/c1-6-13(3,4)8-9-17-11-12(10-15-16)14(5,18)7-2/h12,18H,6-11H2,1-5H3. The molecule has 0 bridgehead atoms. The lowest BCUT2D eigenvalue weighted by molar-refractivity contribution is 0.0680. The number of hydrogen-bond acceptors (Lipinski definition) is 4. The van der Waals surface area contributed by atoms with Crippen LogP contribution in [-0.4, -0.2) is 24.5 Å². The van der Waals surface area contributed by atoms with Crippen LogP contribution in [0.1, 0.15) is 53.9 Å². The Balaban J connectivity index is 4.10. The van der Waals surface area contributed by atoms with Crippen molar-refractivity contribution < 1.29 is 4.74 Å². The maximum atomic E-state index is 10.5. The quantitative estimate of drug-likeness (QED) is 0.366. The number of thiol groups is 1. The molecule has 0 aromatic heterocycles. The molecule has 0 aliphatic rings. The molecule has 0 heterocycles. The van der Waals surface area contributed by atoms with Crippen LogP contribution in [0.25, 0.3) is 0 Å². The molecule has 108 valence electrons. The van der Waals surface area contributed by atoms with Gasteiger partial charge in [-0.2, -0.15) is 17.5 Å². The number of ether oxygens (including phenoxy) is 1. The van der Waals surface area contributed by atoms with Crippen molar-refractivity contribution >= 4 is 12.6 Å². The third-order valence-corrected chi connectivity index (χ3v) is 4.77. The minimum Gasteiger partial charge on any atom is -0.381 e. The highest BCUT2D eigenvalue weighted by Crippen LogP contribution is 2.29. The maximum absolute atomic E-state index is 10.5. The van der Waals surface area contributed by atoms with E-state index in [9.17, 15) is 4.91 Å². The summed E-state index contributed by atoms with van der Waals surface area (Å²) in [6.07, 6.45) is 3.09. The summed E-state index contributed by atoms with van der Waals surface area (Å²) in [5.41, 5.74) is 0.327. The molecule has 0 aliphatic carbocycles. The minimum absolute atomic E-state index is 0.0908. The normalized spacial score (nSPS) is 17.2. The number of nitroso groups, excluding NO2 is 1. The zero-order valence-corrected chi connectivity index (χ0v) is 13.4. The lowest BCUT2D eigenvalue weighted by Gasteiger charge is -2.31. The van der Waals surface area contributed by atoms with Gasteiger partial charge in [-0.3, -0.25) is 0 Å². The van der Waals surface area contributed by atoms with Crippen LogP contribution in [0.4, 0.5) is 0 Å². The molecule has 2 atom stereocenters. The smallest absolute Gasteiger partial charge is 0.0874 e. The monoisotopic (exact) mass is 275 g/mol. The molecule has 0 aromatic carbocycles. The van der Waals surface area contributed by atoms with Crippen LogP contribution >= 0.6 is 12.6 Å². The highest BCUT2D eigenvalue weighted by molar-refractivity contribution is 7.81. The van der Waals surface area contributed by atoms with Gasteiger partial charge < -0.3 is 4.74 Å². The van der Waals surface area contributed by atoms with Gasteiger partial charge in [-0.05, 0) is 18.3 Å². The van der Waals surface area contributed by atoms with E-state index in [4.69, 9.17) is 4.74 Å². The Kier molecular flexibility index (Phi) is 8.11. The Morgan fingerprint density at radius 3 is 2.28 bits per heavy atom. The van der Waals surface area contributed by atoms with E-state index in [1.165, 1.54) is 0 Å². The van der Waals surface area contributed by atoms with Crippen LogP contribution in [-0.2, 0) is 4.74 Å². The molecule has 0 spiro atoms. The van der Waals surface area contributed by atoms with Gasteiger partial charge in [0.1, 0.15) is 0 Å². The summed E-state index contributed by atoms with van der Waals surface area (Å²) < 4.78 is 5.54. The molecule has 0 saturated heterocycles. The Morgan fingerprint density at radius 2 is 1.83 bits per heavy atom. The van der Waals surface area contributed by atoms with Gasteiger partial charge in [0, 0.05) is 17.3 Å². The van der Waals surface area contributed by atoms with Gasteiger partial charge in [-0.1, -0.05) is 46.2 Å². The zero-order valence-electron chi connectivity index (χ0n) is 12.5. The predicted molar refractivity (Wildman–Crippen MR) is 81.3 cm³/mol. The molecule has 0 amide bonds. The molecule has 4 heteroatoms. The van der Waals surface area contributed by atoms with Crippen molar-refractivity contribution in [3.05, 3.63) is 4.91 Å². The Bertz CT molecular complexity index is 242. The van der Waals surface area contributed by atoms with E-state index in [2.05, 4.69) is 45.5 Å². The first-order valence-corrected chi connectivity index (χ1v) is 7.33. The fourth-order valence-electron chi connectivity index (χ4n) is 1.56. The molecule has 0 aromatic rings. The first-order chi connectivity index (χ1) is 8.29. The van der Waals surface area contributed by atoms with Gasteiger partial charge in [0.05, 0.1) is 13.2 Å². The van der Waals surface area contributed by atoms with Gasteiger partial charge in [0.2, 0.25) is 0 Å². The highest BCUT2D eigenvalue weighted by atomic mass is 32.1. The second kappa shape index (κ2) is 8.16. The number of nitrogens with zero attached hydrogens (tertiary/aromatic N) is 1. The van der Waals surface area contributed by atoms with Crippen LogP contribution in [0.3, 0.4) is 0 Å². The second-order valence-corrected chi connectivity index (χ2v) is 7.08. The molecule has 0 fully saturated rings. The van der Waals surface area contributed by atoms with Crippen molar-refractivity contribution in [1.29, 1.82) is 0 Å². The van der Waals surface area contributed by atoms with Crippen molar-refractivity contribution in [2.24, 2.45) is 16.5 Å². The lowest BCUT2D eigenvalue weighted by Crippen LogP contribution is -2.34. The Morgan fingerprint density at radius 1 is 1.22 bits per heavy atom. The van der Waals surface area contributed by atoms with Crippen LogP contribution in [0.2, 0.25) is 0 Å². The van der Waals surface area contributed by atoms with Gasteiger partial charge in [-0.15, -0.1) is 0 Å². The van der Waals surface area contributed by atoms with Crippen molar-refractivity contribution in [3.8, 4) is 0 Å². The summed E-state index contributed by atoms with van der Waals surface area (Å²) in [5.74, 6) is 0.0908. The van der Waals surface area contributed by atoms with Crippen LogP contribution < -0.4 is 0 Å². The minimum atomic E-state index is -0.186. The molecule has 18 heavy (non-hydrogen) atoms. The second-order valence-electron chi connectivity index (χ2n) is 6.06. The summed E-state index contributed by atoms with van der Waals surface area (Å²) in [6, 6.07) is 0. The van der Waals surface area contributed by atoms with Gasteiger partial charge >= 0.3 is 0 Å². The molecular weight excluding hydrogens is 246 g/mol. The zero-order chi connectivity index (χ0) is 14.2. The maximum Gasteiger partial charge on any atom is 0.0874 e. The van der Waals surface area contributed by atoms with E-state index in [-0.39, 0.29) is 17.2 Å². The van der Waals surface area contributed by atoms with E-state index in [0.29, 0.717) is 12.0 Å². The van der Waals surface area contributed by atoms with Gasteiger partial charge in [0.25, 0.3) is 0 Å². The molecule has 2 unspecified atom stereocenters. The molecular formula is C14H29NO2S. The van der Waals surface area contributed by atoms with Crippen molar-refractivity contribution in [2.75, 3.05) is 19.8 Å². The Labute approximate surface area is 117 Å². The fraction of sp³-hybridized carbons (Fsp3) is 1.00. The molecule has 0 N–H and O–H groups in total. The molecule has 0 aliphatic heterocycles. The molecule has 0 rings (SSSR count). The van der Waals surface area contributed by atoms with Crippen molar-refractivity contribution in [1.82, 2.24) is 0 Å².